The second-order valence-electron chi connectivity index (χ2n) is 8.83. The molecule has 1 aliphatic carbocycles. The van der Waals surface area contributed by atoms with Crippen LogP contribution in [0.5, 0.6) is 5.75 Å². The Balaban J connectivity index is 1.22. The number of carboxylic acids is 1. The lowest BCUT2D eigenvalue weighted by Crippen LogP contribution is -2.38. The molecule has 1 N–H and O–H groups in total. The van der Waals surface area contributed by atoms with E-state index in [2.05, 4.69) is 9.88 Å². The van der Waals surface area contributed by atoms with E-state index in [0.717, 1.165) is 72.7 Å². The van der Waals surface area contributed by atoms with E-state index < -0.39 is 5.97 Å². The monoisotopic (exact) mass is 463 g/mol. The molecular weight excluding hydrogens is 438 g/mol. The van der Waals surface area contributed by atoms with Gasteiger partial charge in [0.1, 0.15) is 12.4 Å². The van der Waals surface area contributed by atoms with Gasteiger partial charge in [-0.25, -0.2) is 9.97 Å². The van der Waals surface area contributed by atoms with E-state index in [-0.39, 0.29) is 5.92 Å². The van der Waals surface area contributed by atoms with Gasteiger partial charge >= 0.3 is 5.97 Å². The van der Waals surface area contributed by atoms with Crippen LogP contribution in [0.4, 0.5) is 0 Å². The Morgan fingerprint density at radius 2 is 2.03 bits per heavy atom. The first-order valence-corrected chi connectivity index (χ1v) is 11.7. The topological polar surface area (TPSA) is 75.5 Å². The van der Waals surface area contributed by atoms with Crippen molar-refractivity contribution in [2.24, 2.45) is 5.92 Å². The maximum absolute atomic E-state index is 11.3. The molecular formula is C26H26ClN3O3. The summed E-state index contributed by atoms with van der Waals surface area (Å²) in [4.78, 5) is 23.1. The summed E-state index contributed by atoms with van der Waals surface area (Å²) in [6.07, 6.45) is 5.26. The van der Waals surface area contributed by atoms with Gasteiger partial charge in [0.05, 0.1) is 11.6 Å². The van der Waals surface area contributed by atoms with Crippen molar-refractivity contribution in [1.82, 2.24) is 14.9 Å². The smallest absolute Gasteiger partial charge is 0.306 e. The zero-order valence-electron chi connectivity index (χ0n) is 18.3. The standard InChI is InChI=1S/C26H26ClN3O3/c27-21-3-1-2-17(12-21)16-33-23-8-5-18(6-9-23)25-28-14-20-15-30(11-10-24(20)29-25)22-7-4-19(13-22)26(31)32/h1-3,5-6,8-9,12,14,19,22H,4,7,10-11,13,15-16H2,(H,31,32). The van der Waals surface area contributed by atoms with Crippen LogP contribution in [0.1, 0.15) is 36.1 Å². The first kappa shape index (κ1) is 21.9. The van der Waals surface area contributed by atoms with Crippen LogP contribution in [0.3, 0.4) is 0 Å². The van der Waals surface area contributed by atoms with Gasteiger partial charge in [0.15, 0.2) is 5.82 Å². The van der Waals surface area contributed by atoms with E-state index >= 15 is 0 Å². The molecule has 0 radical (unpaired) electrons. The van der Waals surface area contributed by atoms with Gasteiger partial charge in [0, 0.05) is 47.9 Å². The van der Waals surface area contributed by atoms with Gasteiger partial charge in [-0.1, -0.05) is 23.7 Å². The number of fused-ring (bicyclic) bond motifs is 1. The Hall–Kier alpha value is -2.96. The third-order valence-corrected chi connectivity index (χ3v) is 6.88. The van der Waals surface area contributed by atoms with Crippen LogP contribution in [0.2, 0.25) is 5.02 Å². The lowest BCUT2D eigenvalue weighted by Gasteiger charge is -2.33. The van der Waals surface area contributed by atoms with Crippen molar-refractivity contribution in [2.45, 2.75) is 44.9 Å². The molecule has 2 unspecified atom stereocenters. The second-order valence-corrected chi connectivity index (χ2v) is 9.27. The van der Waals surface area contributed by atoms with Crippen molar-refractivity contribution in [3.63, 3.8) is 0 Å². The van der Waals surface area contributed by atoms with Crippen LogP contribution in [0, 0.1) is 5.92 Å². The molecule has 1 saturated carbocycles. The number of aliphatic carboxylic acids is 1. The van der Waals surface area contributed by atoms with E-state index in [9.17, 15) is 9.90 Å². The number of hydrogen-bond donors (Lipinski definition) is 1. The molecule has 0 saturated heterocycles. The highest BCUT2D eigenvalue weighted by molar-refractivity contribution is 6.30. The fourth-order valence-corrected chi connectivity index (χ4v) is 5.01. The zero-order valence-corrected chi connectivity index (χ0v) is 19.0. The molecule has 1 aliphatic heterocycles. The van der Waals surface area contributed by atoms with Crippen LogP contribution < -0.4 is 4.74 Å². The number of aromatic nitrogens is 2. The molecule has 170 valence electrons. The number of carboxylic acid groups (broad SMARTS) is 1. The molecule has 3 aromatic rings. The molecule has 2 aliphatic rings. The lowest BCUT2D eigenvalue weighted by atomic mass is 10.0. The molecule has 2 heterocycles. The molecule has 6 nitrogen and oxygen atoms in total. The maximum atomic E-state index is 11.3. The Bertz CT molecular complexity index is 1150. The highest BCUT2D eigenvalue weighted by Gasteiger charge is 2.34. The van der Waals surface area contributed by atoms with E-state index in [4.69, 9.17) is 21.3 Å². The highest BCUT2D eigenvalue weighted by atomic mass is 35.5. The van der Waals surface area contributed by atoms with Gasteiger partial charge in [-0.3, -0.25) is 9.69 Å². The van der Waals surface area contributed by atoms with Crippen LogP contribution in [-0.2, 0) is 24.4 Å². The fourth-order valence-electron chi connectivity index (χ4n) is 4.80. The number of carbonyl (C=O) groups is 1. The van der Waals surface area contributed by atoms with Crippen molar-refractivity contribution in [3.05, 3.63) is 76.6 Å². The van der Waals surface area contributed by atoms with Gasteiger partial charge in [0.2, 0.25) is 0 Å². The predicted molar refractivity (Wildman–Crippen MR) is 126 cm³/mol. The van der Waals surface area contributed by atoms with Gasteiger partial charge in [-0.2, -0.15) is 0 Å². The summed E-state index contributed by atoms with van der Waals surface area (Å²) in [7, 11) is 0. The maximum Gasteiger partial charge on any atom is 0.306 e. The molecule has 7 heteroatoms. The molecule has 2 aromatic carbocycles. The van der Waals surface area contributed by atoms with Crippen molar-refractivity contribution in [3.8, 4) is 17.1 Å². The average Bonchev–Trinajstić information content (AvgIpc) is 3.33. The fraction of sp³-hybridized carbons (Fsp3) is 0.346. The molecule has 33 heavy (non-hydrogen) atoms. The van der Waals surface area contributed by atoms with Crippen molar-refractivity contribution in [1.29, 1.82) is 0 Å². The van der Waals surface area contributed by atoms with E-state index in [1.54, 1.807) is 0 Å². The number of nitrogens with zero attached hydrogens (tertiary/aromatic N) is 3. The number of rotatable bonds is 6. The van der Waals surface area contributed by atoms with Gasteiger partial charge in [0.25, 0.3) is 0 Å². The molecule has 1 fully saturated rings. The minimum atomic E-state index is -0.663. The van der Waals surface area contributed by atoms with Crippen molar-refractivity contribution in [2.75, 3.05) is 6.54 Å². The minimum absolute atomic E-state index is 0.201. The van der Waals surface area contributed by atoms with Crippen LogP contribution in [-0.4, -0.2) is 38.5 Å². The van der Waals surface area contributed by atoms with E-state index in [0.29, 0.717) is 17.7 Å². The van der Waals surface area contributed by atoms with Crippen molar-refractivity contribution >= 4 is 17.6 Å². The number of halogens is 1. The summed E-state index contributed by atoms with van der Waals surface area (Å²) < 4.78 is 5.87. The van der Waals surface area contributed by atoms with Crippen LogP contribution in [0.15, 0.2) is 54.7 Å². The first-order valence-electron chi connectivity index (χ1n) is 11.3. The number of benzene rings is 2. The summed E-state index contributed by atoms with van der Waals surface area (Å²) in [6, 6.07) is 15.8. The number of hydrogen-bond acceptors (Lipinski definition) is 5. The Labute approximate surface area is 198 Å². The van der Waals surface area contributed by atoms with Gasteiger partial charge in [-0.15, -0.1) is 0 Å². The Morgan fingerprint density at radius 1 is 1.18 bits per heavy atom. The van der Waals surface area contributed by atoms with Crippen molar-refractivity contribution < 1.29 is 14.6 Å². The molecule has 0 bridgehead atoms. The predicted octanol–water partition coefficient (Wildman–Crippen LogP) is 4.99. The molecule has 0 amide bonds. The largest absolute Gasteiger partial charge is 0.489 e. The third kappa shape index (κ3) is 5.02. The quantitative estimate of drug-likeness (QED) is 0.555. The van der Waals surface area contributed by atoms with Gasteiger partial charge in [-0.05, 0) is 61.2 Å². The average molecular weight is 464 g/mol. The summed E-state index contributed by atoms with van der Waals surface area (Å²) in [5, 5.41) is 9.98. The minimum Gasteiger partial charge on any atom is -0.489 e. The SMILES string of the molecule is O=C(O)C1CCC(N2CCc3nc(-c4ccc(OCc5cccc(Cl)c5)cc4)ncc3C2)C1. The Kier molecular flexibility index (Phi) is 6.29. The van der Waals surface area contributed by atoms with E-state index in [1.807, 2.05) is 54.7 Å². The normalized spacial score (nSPS) is 20.4. The van der Waals surface area contributed by atoms with Gasteiger partial charge < -0.3 is 9.84 Å². The molecule has 1 aromatic heterocycles. The second kappa shape index (κ2) is 9.49. The lowest BCUT2D eigenvalue weighted by molar-refractivity contribution is -0.141. The number of ether oxygens (including phenoxy) is 1. The zero-order chi connectivity index (χ0) is 22.8. The summed E-state index contributed by atoms with van der Waals surface area (Å²) >= 11 is 6.03. The van der Waals surface area contributed by atoms with Crippen LogP contribution in [0.25, 0.3) is 11.4 Å². The molecule has 2 atom stereocenters. The molecule has 0 spiro atoms. The summed E-state index contributed by atoms with van der Waals surface area (Å²) in [5.74, 6) is 0.634. The summed E-state index contributed by atoms with van der Waals surface area (Å²) in [6.45, 7) is 2.17. The molecule has 5 rings (SSSR count). The van der Waals surface area contributed by atoms with E-state index in [1.165, 1.54) is 0 Å². The highest BCUT2D eigenvalue weighted by Crippen LogP contribution is 2.32. The first-order chi connectivity index (χ1) is 16.0. The third-order valence-electron chi connectivity index (χ3n) is 6.64. The van der Waals surface area contributed by atoms with Crippen LogP contribution >= 0.6 is 11.6 Å². The summed E-state index contributed by atoms with van der Waals surface area (Å²) in [5.41, 5.74) is 4.21. The Morgan fingerprint density at radius 3 is 2.79 bits per heavy atom.